The lowest BCUT2D eigenvalue weighted by molar-refractivity contribution is 0.624. The standard InChI is InChI=1S/C15H16FN3S/c1-10-7-8-17-14(9-10)19-15(20)18-11(2)12-3-5-13(16)6-4-12/h3-9,11H,1-2H3,(H2,17,18,19,20)/t11-/m0/s1. The number of anilines is 1. The summed E-state index contributed by atoms with van der Waals surface area (Å²) >= 11 is 5.25. The quantitative estimate of drug-likeness (QED) is 0.847. The van der Waals surface area contributed by atoms with Crippen LogP contribution in [0.15, 0.2) is 42.6 Å². The largest absolute Gasteiger partial charge is 0.356 e. The first-order valence-corrected chi connectivity index (χ1v) is 6.71. The van der Waals surface area contributed by atoms with Gasteiger partial charge in [0, 0.05) is 6.20 Å². The van der Waals surface area contributed by atoms with E-state index in [1.807, 2.05) is 26.0 Å². The van der Waals surface area contributed by atoms with E-state index in [0.29, 0.717) is 10.9 Å². The van der Waals surface area contributed by atoms with Crippen molar-refractivity contribution in [1.82, 2.24) is 10.3 Å². The molecule has 0 saturated carbocycles. The zero-order valence-corrected chi connectivity index (χ0v) is 12.2. The number of nitrogens with zero attached hydrogens (tertiary/aromatic N) is 1. The highest BCUT2D eigenvalue weighted by Gasteiger charge is 2.07. The Morgan fingerprint density at radius 3 is 2.60 bits per heavy atom. The minimum atomic E-state index is -0.245. The van der Waals surface area contributed by atoms with Crippen LogP contribution >= 0.6 is 12.2 Å². The molecule has 20 heavy (non-hydrogen) atoms. The first-order chi connectivity index (χ1) is 9.54. The molecule has 5 heteroatoms. The molecular weight excluding hydrogens is 273 g/mol. The molecule has 0 saturated heterocycles. The monoisotopic (exact) mass is 289 g/mol. The zero-order chi connectivity index (χ0) is 14.5. The Labute approximate surface area is 123 Å². The van der Waals surface area contributed by atoms with Crippen molar-refractivity contribution in [2.45, 2.75) is 19.9 Å². The van der Waals surface area contributed by atoms with Gasteiger partial charge in [-0.25, -0.2) is 9.37 Å². The highest BCUT2D eigenvalue weighted by atomic mass is 32.1. The third-order valence-corrected chi connectivity index (χ3v) is 3.09. The molecule has 1 heterocycles. The van der Waals surface area contributed by atoms with Gasteiger partial charge in [0.2, 0.25) is 0 Å². The van der Waals surface area contributed by atoms with Crippen LogP contribution in [-0.4, -0.2) is 10.1 Å². The summed E-state index contributed by atoms with van der Waals surface area (Å²) in [5.74, 6) is 0.458. The number of pyridine rings is 1. The molecule has 0 fully saturated rings. The summed E-state index contributed by atoms with van der Waals surface area (Å²) in [4.78, 5) is 4.18. The number of aryl methyl sites for hydroxylation is 1. The van der Waals surface area contributed by atoms with E-state index in [1.54, 1.807) is 18.3 Å². The molecule has 0 spiro atoms. The predicted octanol–water partition coefficient (Wildman–Crippen LogP) is 3.58. The van der Waals surface area contributed by atoms with E-state index in [2.05, 4.69) is 15.6 Å². The van der Waals surface area contributed by atoms with Crippen LogP contribution in [0.5, 0.6) is 0 Å². The van der Waals surface area contributed by atoms with Crippen molar-refractivity contribution in [2.24, 2.45) is 0 Å². The minimum absolute atomic E-state index is 0.0135. The molecule has 1 aromatic carbocycles. The fourth-order valence-electron chi connectivity index (χ4n) is 1.79. The average molecular weight is 289 g/mol. The van der Waals surface area contributed by atoms with Gasteiger partial charge < -0.3 is 10.6 Å². The van der Waals surface area contributed by atoms with Crippen LogP contribution in [0, 0.1) is 12.7 Å². The number of aromatic nitrogens is 1. The van der Waals surface area contributed by atoms with E-state index in [9.17, 15) is 4.39 Å². The van der Waals surface area contributed by atoms with Gasteiger partial charge in [0.1, 0.15) is 11.6 Å². The lowest BCUT2D eigenvalue weighted by Gasteiger charge is -2.17. The molecule has 1 atom stereocenters. The van der Waals surface area contributed by atoms with Crippen LogP contribution in [0.25, 0.3) is 0 Å². The topological polar surface area (TPSA) is 37.0 Å². The highest BCUT2D eigenvalue weighted by molar-refractivity contribution is 7.80. The summed E-state index contributed by atoms with van der Waals surface area (Å²) in [5, 5.41) is 6.66. The Hall–Kier alpha value is -2.01. The van der Waals surface area contributed by atoms with Gasteiger partial charge in [0.15, 0.2) is 5.11 Å². The first kappa shape index (κ1) is 14.4. The molecule has 0 aliphatic rings. The second-order valence-corrected chi connectivity index (χ2v) is 5.00. The number of halogens is 1. The number of hydrogen-bond acceptors (Lipinski definition) is 2. The van der Waals surface area contributed by atoms with Crippen LogP contribution in [0.4, 0.5) is 10.2 Å². The van der Waals surface area contributed by atoms with Gasteiger partial charge in [0.25, 0.3) is 0 Å². The molecular formula is C15H16FN3S. The summed E-state index contributed by atoms with van der Waals surface area (Å²) < 4.78 is 12.9. The Morgan fingerprint density at radius 1 is 1.25 bits per heavy atom. The third kappa shape index (κ3) is 3.99. The second-order valence-electron chi connectivity index (χ2n) is 4.59. The van der Waals surface area contributed by atoms with Gasteiger partial charge in [-0.05, 0) is 61.5 Å². The van der Waals surface area contributed by atoms with E-state index in [4.69, 9.17) is 12.2 Å². The van der Waals surface area contributed by atoms with Crippen molar-refractivity contribution in [3.63, 3.8) is 0 Å². The van der Waals surface area contributed by atoms with E-state index < -0.39 is 0 Å². The van der Waals surface area contributed by atoms with Gasteiger partial charge in [-0.3, -0.25) is 0 Å². The molecule has 0 amide bonds. The Morgan fingerprint density at radius 2 is 1.95 bits per heavy atom. The summed E-state index contributed by atoms with van der Waals surface area (Å²) in [5.41, 5.74) is 2.07. The van der Waals surface area contributed by atoms with E-state index in [-0.39, 0.29) is 11.9 Å². The Balaban J connectivity index is 1.95. The fraction of sp³-hybridized carbons (Fsp3) is 0.200. The van der Waals surface area contributed by atoms with Gasteiger partial charge >= 0.3 is 0 Å². The lowest BCUT2D eigenvalue weighted by Crippen LogP contribution is -2.31. The lowest BCUT2D eigenvalue weighted by atomic mass is 10.1. The molecule has 2 rings (SSSR count). The molecule has 2 N–H and O–H groups in total. The molecule has 2 aromatic rings. The maximum atomic E-state index is 12.9. The number of thiocarbonyl (C=S) groups is 1. The van der Waals surface area contributed by atoms with Gasteiger partial charge in [-0.15, -0.1) is 0 Å². The SMILES string of the molecule is Cc1ccnc(NC(=S)N[C@@H](C)c2ccc(F)cc2)c1. The molecule has 0 unspecified atom stereocenters. The van der Waals surface area contributed by atoms with Gasteiger partial charge in [0.05, 0.1) is 6.04 Å². The van der Waals surface area contributed by atoms with Gasteiger partial charge in [-0.2, -0.15) is 0 Å². The predicted molar refractivity (Wildman–Crippen MR) is 83.1 cm³/mol. The van der Waals surface area contributed by atoms with E-state index >= 15 is 0 Å². The smallest absolute Gasteiger partial charge is 0.172 e. The van der Waals surface area contributed by atoms with Crippen molar-refractivity contribution in [3.05, 3.63) is 59.5 Å². The molecule has 1 aromatic heterocycles. The van der Waals surface area contributed by atoms with Crippen LogP contribution in [0.3, 0.4) is 0 Å². The van der Waals surface area contributed by atoms with Crippen LogP contribution in [-0.2, 0) is 0 Å². The molecule has 0 radical (unpaired) electrons. The van der Waals surface area contributed by atoms with E-state index in [0.717, 1.165) is 11.1 Å². The number of nitrogens with one attached hydrogen (secondary N) is 2. The molecule has 0 bridgehead atoms. The summed E-state index contributed by atoms with van der Waals surface area (Å²) in [6, 6.07) is 10.2. The normalized spacial score (nSPS) is 11.8. The maximum Gasteiger partial charge on any atom is 0.172 e. The van der Waals surface area contributed by atoms with Crippen molar-refractivity contribution < 1.29 is 4.39 Å². The summed E-state index contributed by atoms with van der Waals surface area (Å²) in [6.45, 7) is 3.95. The highest BCUT2D eigenvalue weighted by Crippen LogP contribution is 2.13. The zero-order valence-electron chi connectivity index (χ0n) is 11.4. The summed E-state index contributed by atoms with van der Waals surface area (Å²) in [6.07, 6.45) is 1.73. The van der Waals surface area contributed by atoms with Crippen LogP contribution < -0.4 is 10.6 Å². The number of benzene rings is 1. The summed E-state index contributed by atoms with van der Waals surface area (Å²) in [7, 11) is 0. The Bertz CT molecular complexity index is 598. The number of rotatable bonds is 3. The van der Waals surface area contributed by atoms with Crippen molar-refractivity contribution in [1.29, 1.82) is 0 Å². The van der Waals surface area contributed by atoms with Crippen molar-refractivity contribution in [3.8, 4) is 0 Å². The van der Waals surface area contributed by atoms with Crippen LogP contribution in [0.2, 0.25) is 0 Å². The molecule has 0 aliphatic carbocycles. The number of hydrogen-bond donors (Lipinski definition) is 2. The average Bonchev–Trinajstić information content (AvgIpc) is 2.39. The van der Waals surface area contributed by atoms with Crippen LogP contribution in [0.1, 0.15) is 24.1 Å². The molecule has 3 nitrogen and oxygen atoms in total. The first-order valence-electron chi connectivity index (χ1n) is 6.30. The molecule has 104 valence electrons. The van der Waals surface area contributed by atoms with Crippen molar-refractivity contribution in [2.75, 3.05) is 5.32 Å². The van der Waals surface area contributed by atoms with Crippen molar-refractivity contribution >= 4 is 23.1 Å². The second kappa shape index (κ2) is 6.43. The Kier molecular flexibility index (Phi) is 4.63. The fourth-order valence-corrected chi connectivity index (χ4v) is 2.07. The minimum Gasteiger partial charge on any atom is -0.356 e. The molecule has 0 aliphatic heterocycles. The van der Waals surface area contributed by atoms with Gasteiger partial charge in [-0.1, -0.05) is 12.1 Å². The maximum absolute atomic E-state index is 12.9. The van der Waals surface area contributed by atoms with E-state index in [1.165, 1.54) is 12.1 Å². The third-order valence-electron chi connectivity index (χ3n) is 2.87.